The molecule has 1 unspecified atom stereocenters. The maximum Gasteiger partial charge on any atom is 0.0694 e. The van der Waals surface area contributed by atoms with Crippen molar-refractivity contribution in [3.63, 3.8) is 0 Å². The lowest BCUT2D eigenvalue weighted by Crippen LogP contribution is -2.23. The molecular weight excluding hydrogens is 116 g/mol. The molecule has 1 atom stereocenters. The molecule has 3 heteroatoms. The summed E-state index contributed by atoms with van der Waals surface area (Å²) in [4.78, 5) is 0. The van der Waals surface area contributed by atoms with Gasteiger partial charge in [0.15, 0.2) is 0 Å². The molecule has 3 nitrogen and oxygen atoms in total. The third-order valence-corrected chi connectivity index (χ3v) is 1.33. The van der Waals surface area contributed by atoms with E-state index in [0.717, 1.165) is 19.4 Å². The van der Waals surface area contributed by atoms with Crippen LogP contribution >= 0.6 is 0 Å². The quantitative estimate of drug-likeness (QED) is 0.540. The van der Waals surface area contributed by atoms with Crippen LogP contribution in [-0.4, -0.2) is 26.3 Å². The van der Waals surface area contributed by atoms with E-state index in [-0.39, 0.29) is 6.10 Å². The molecule has 0 aliphatic carbocycles. The van der Waals surface area contributed by atoms with Crippen molar-refractivity contribution in [1.29, 1.82) is 0 Å². The van der Waals surface area contributed by atoms with Crippen LogP contribution in [0, 0.1) is 0 Å². The molecule has 0 amide bonds. The number of hydrogen-bond donors (Lipinski definition) is 2. The molecule has 4 N–H and O–H groups in total. The standard InChI is InChI=1S/C6H16N2O/c1-9-6(5-8)3-2-4-7/h6H,2-5,7-8H2,1H3. The summed E-state index contributed by atoms with van der Waals surface area (Å²) >= 11 is 0. The number of ether oxygens (including phenoxy) is 1. The second-order valence-corrected chi connectivity index (χ2v) is 2.02. The first-order valence-corrected chi connectivity index (χ1v) is 3.28. The average Bonchev–Trinajstić information content (AvgIpc) is 1.91. The van der Waals surface area contributed by atoms with Gasteiger partial charge in [-0.3, -0.25) is 0 Å². The molecule has 9 heavy (non-hydrogen) atoms. The Balaban J connectivity index is 3.09. The molecule has 0 aromatic rings. The zero-order chi connectivity index (χ0) is 7.11. The topological polar surface area (TPSA) is 61.3 Å². The third kappa shape index (κ3) is 4.39. The Kier molecular flexibility index (Phi) is 5.93. The zero-order valence-corrected chi connectivity index (χ0v) is 5.97. The van der Waals surface area contributed by atoms with Crippen LogP contribution in [-0.2, 0) is 4.74 Å². The van der Waals surface area contributed by atoms with Gasteiger partial charge in [0, 0.05) is 13.7 Å². The Hall–Kier alpha value is -0.120. The molecule has 0 saturated heterocycles. The Morgan fingerprint density at radius 1 is 1.44 bits per heavy atom. The van der Waals surface area contributed by atoms with Crippen molar-refractivity contribution in [3.8, 4) is 0 Å². The van der Waals surface area contributed by atoms with Crippen molar-refractivity contribution in [3.05, 3.63) is 0 Å². The molecule has 0 spiro atoms. The maximum atomic E-state index is 5.36. The molecule has 0 fully saturated rings. The summed E-state index contributed by atoms with van der Waals surface area (Å²) < 4.78 is 5.02. The SMILES string of the molecule is COC(CN)CCCN. The van der Waals surface area contributed by atoms with Gasteiger partial charge in [-0.05, 0) is 19.4 Å². The minimum Gasteiger partial charge on any atom is -0.380 e. The summed E-state index contributed by atoms with van der Waals surface area (Å²) in [5.74, 6) is 0. The predicted octanol–water partition coefficient (Wildman–Crippen LogP) is -0.301. The molecule has 0 heterocycles. The molecule has 0 aromatic heterocycles. The van der Waals surface area contributed by atoms with Gasteiger partial charge in [0.25, 0.3) is 0 Å². The summed E-state index contributed by atoms with van der Waals surface area (Å²) in [7, 11) is 1.67. The highest BCUT2D eigenvalue weighted by Crippen LogP contribution is 1.96. The monoisotopic (exact) mass is 132 g/mol. The molecular formula is C6H16N2O. The van der Waals surface area contributed by atoms with Gasteiger partial charge in [-0.1, -0.05) is 0 Å². The van der Waals surface area contributed by atoms with E-state index in [1.54, 1.807) is 7.11 Å². The minimum absolute atomic E-state index is 0.202. The van der Waals surface area contributed by atoms with Crippen molar-refractivity contribution < 1.29 is 4.74 Å². The fourth-order valence-electron chi connectivity index (χ4n) is 0.677. The third-order valence-electron chi connectivity index (χ3n) is 1.33. The Bertz CT molecular complexity index is 55.0. The average molecular weight is 132 g/mol. The summed E-state index contributed by atoms with van der Waals surface area (Å²) in [5.41, 5.74) is 10.6. The van der Waals surface area contributed by atoms with Gasteiger partial charge in [0.05, 0.1) is 6.10 Å². The minimum atomic E-state index is 0.202. The Morgan fingerprint density at radius 3 is 2.44 bits per heavy atom. The molecule has 0 bridgehead atoms. The first kappa shape index (κ1) is 8.88. The van der Waals surface area contributed by atoms with Gasteiger partial charge < -0.3 is 16.2 Å². The van der Waals surface area contributed by atoms with Gasteiger partial charge in [-0.15, -0.1) is 0 Å². The van der Waals surface area contributed by atoms with Crippen molar-refractivity contribution >= 4 is 0 Å². The summed E-state index contributed by atoms with van der Waals surface area (Å²) in [6, 6.07) is 0. The molecule has 0 aliphatic rings. The van der Waals surface area contributed by atoms with E-state index in [9.17, 15) is 0 Å². The second kappa shape index (κ2) is 6.01. The van der Waals surface area contributed by atoms with Crippen LogP contribution < -0.4 is 11.5 Å². The van der Waals surface area contributed by atoms with E-state index < -0.39 is 0 Å². The van der Waals surface area contributed by atoms with Crippen LogP contribution in [0.3, 0.4) is 0 Å². The lowest BCUT2D eigenvalue weighted by molar-refractivity contribution is 0.101. The van der Waals surface area contributed by atoms with E-state index in [1.807, 2.05) is 0 Å². The second-order valence-electron chi connectivity index (χ2n) is 2.02. The fourth-order valence-corrected chi connectivity index (χ4v) is 0.677. The molecule has 56 valence electrons. The zero-order valence-electron chi connectivity index (χ0n) is 5.97. The maximum absolute atomic E-state index is 5.36. The first-order valence-electron chi connectivity index (χ1n) is 3.28. The van der Waals surface area contributed by atoms with Crippen LogP contribution in [0.2, 0.25) is 0 Å². The van der Waals surface area contributed by atoms with E-state index in [4.69, 9.17) is 16.2 Å². The molecule has 0 rings (SSSR count). The normalized spacial score (nSPS) is 13.7. The first-order chi connectivity index (χ1) is 4.35. The van der Waals surface area contributed by atoms with Crippen LogP contribution in [0.25, 0.3) is 0 Å². The van der Waals surface area contributed by atoms with Gasteiger partial charge in [0.1, 0.15) is 0 Å². The molecule has 0 saturated carbocycles. The van der Waals surface area contributed by atoms with Gasteiger partial charge in [-0.25, -0.2) is 0 Å². The van der Waals surface area contributed by atoms with Crippen molar-refractivity contribution in [2.75, 3.05) is 20.2 Å². The highest BCUT2D eigenvalue weighted by atomic mass is 16.5. The largest absolute Gasteiger partial charge is 0.380 e. The number of rotatable bonds is 5. The smallest absolute Gasteiger partial charge is 0.0694 e. The van der Waals surface area contributed by atoms with Crippen molar-refractivity contribution in [2.45, 2.75) is 18.9 Å². The number of hydrogen-bond acceptors (Lipinski definition) is 3. The summed E-state index contributed by atoms with van der Waals surface area (Å²) in [5, 5.41) is 0. The van der Waals surface area contributed by atoms with E-state index >= 15 is 0 Å². The van der Waals surface area contributed by atoms with Crippen molar-refractivity contribution in [1.82, 2.24) is 0 Å². The Morgan fingerprint density at radius 2 is 2.11 bits per heavy atom. The lowest BCUT2D eigenvalue weighted by atomic mass is 10.2. The van der Waals surface area contributed by atoms with E-state index in [2.05, 4.69) is 0 Å². The van der Waals surface area contributed by atoms with Gasteiger partial charge in [-0.2, -0.15) is 0 Å². The van der Waals surface area contributed by atoms with Gasteiger partial charge >= 0.3 is 0 Å². The van der Waals surface area contributed by atoms with E-state index in [0.29, 0.717) is 6.54 Å². The highest BCUT2D eigenvalue weighted by Gasteiger charge is 2.01. The molecule has 0 aliphatic heterocycles. The Labute approximate surface area is 56.4 Å². The van der Waals surface area contributed by atoms with E-state index in [1.165, 1.54) is 0 Å². The molecule has 0 aromatic carbocycles. The lowest BCUT2D eigenvalue weighted by Gasteiger charge is -2.10. The summed E-state index contributed by atoms with van der Waals surface area (Å²) in [6.45, 7) is 1.32. The van der Waals surface area contributed by atoms with Crippen LogP contribution in [0.4, 0.5) is 0 Å². The van der Waals surface area contributed by atoms with Crippen LogP contribution in [0.15, 0.2) is 0 Å². The summed E-state index contributed by atoms with van der Waals surface area (Å²) in [6.07, 6.45) is 2.17. The fraction of sp³-hybridized carbons (Fsp3) is 1.00. The highest BCUT2D eigenvalue weighted by molar-refractivity contribution is 4.57. The number of methoxy groups -OCH3 is 1. The van der Waals surface area contributed by atoms with Gasteiger partial charge in [0.2, 0.25) is 0 Å². The number of nitrogens with two attached hydrogens (primary N) is 2. The van der Waals surface area contributed by atoms with Crippen LogP contribution in [0.1, 0.15) is 12.8 Å². The molecule has 0 radical (unpaired) electrons. The predicted molar refractivity (Wildman–Crippen MR) is 38.1 cm³/mol. The van der Waals surface area contributed by atoms with Crippen molar-refractivity contribution in [2.24, 2.45) is 11.5 Å². The van der Waals surface area contributed by atoms with Crippen LogP contribution in [0.5, 0.6) is 0 Å².